The lowest BCUT2D eigenvalue weighted by Gasteiger charge is -1.97. The van der Waals surface area contributed by atoms with Crippen molar-refractivity contribution in [3.63, 3.8) is 0 Å². The zero-order valence-corrected chi connectivity index (χ0v) is 9.32. The molecule has 0 aromatic carbocycles. The van der Waals surface area contributed by atoms with Crippen LogP contribution < -0.4 is 0 Å². The van der Waals surface area contributed by atoms with Crippen LogP contribution in [-0.4, -0.2) is 23.4 Å². The van der Waals surface area contributed by atoms with Crippen molar-refractivity contribution in [3.8, 4) is 0 Å². The van der Waals surface area contributed by atoms with Crippen LogP contribution in [-0.2, 0) is 11.2 Å². The van der Waals surface area contributed by atoms with Crippen molar-refractivity contribution in [2.75, 3.05) is 13.2 Å². The first kappa shape index (κ1) is 10.1. The Labute approximate surface area is 84.3 Å². The van der Waals surface area contributed by atoms with Crippen LogP contribution in [0.4, 0.5) is 0 Å². The highest BCUT2D eigenvalue weighted by Crippen LogP contribution is 2.15. The van der Waals surface area contributed by atoms with Crippen LogP contribution in [0.2, 0.25) is 0 Å². The highest BCUT2D eigenvalue weighted by atomic mass is 79.9. The van der Waals surface area contributed by atoms with Crippen molar-refractivity contribution in [1.82, 2.24) is 10.2 Å². The quantitative estimate of drug-likeness (QED) is 0.753. The fraction of sp³-hybridized carbons (Fsp3) is 0.714. The fourth-order valence-electron chi connectivity index (χ4n) is 0.740. The number of aromatic nitrogens is 2. The smallest absolute Gasteiger partial charge is 0.183 e. The molecule has 0 saturated heterocycles. The molecule has 0 aliphatic rings. The van der Waals surface area contributed by atoms with Gasteiger partial charge in [-0.15, -0.1) is 10.2 Å². The van der Waals surface area contributed by atoms with Crippen molar-refractivity contribution in [3.05, 3.63) is 8.92 Å². The van der Waals surface area contributed by atoms with Crippen LogP contribution in [0.25, 0.3) is 0 Å². The standard InChI is InChI=1S/C7H11BrN2OS/c1-2-4-11-5-3-6-9-10-7(8)12-6/h2-5H2,1H3. The zero-order valence-electron chi connectivity index (χ0n) is 6.92. The van der Waals surface area contributed by atoms with Gasteiger partial charge < -0.3 is 4.74 Å². The Balaban J connectivity index is 2.15. The van der Waals surface area contributed by atoms with E-state index in [0.29, 0.717) is 0 Å². The summed E-state index contributed by atoms with van der Waals surface area (Å²) in [6, 6.07) is 0. The van der Waals surface area contributed by atoms with E-state index in [4.69, 9.17) is 4.74 Å². The van der Waals surface area contributed by atoms with E-state index in [9.17, 15) is 0 Å². The summed E-state index contributed by atoms with van der Waals surface area (Å²) < 4.78 is 6.16. The predicted octanol–water partition coefficient (Wildman–Crippen LogP) is 2.27. The summed E-state index contributed by atoms with van der Waals surface area (Å²) in [5.74, 6) is 0. The molecular weight excluding hydrogens is 240 g/mol. The van der Waals surface area contributed by atoms with Crippen LogP contribution in [0.1, 0.15) is 18.4 Å². The zero-order chi connectivity index (χ0) is 8.81. The summed E-state index contributed by atoms with van der Waals surface area (Å²) in [5, 5.41) is 8.83. The van der Waals surface area contributed by atoms with E-state index in [0.717, 1.165) is 35.0 Å². The SMILES string of the molecule is CCCOCCc1nnc(Br)s1. The Morgan fingerprint density at radius 3 is 2.83 bits per heavy atom. The van der Waals surface area contributed by atoms with Crippen LogP contribution in [0.5, 0.6) is 0 Å². The maximum absolute atomic E-state index is 5.32. The van der Waals surface area contributed by atoms with Crippen molar-refractivity contribution in [1.29, 1.82) is 0 Å². The molecule has 68 valence electrons. The van der Waals surface area contributed by atoms with Gasteiger partial charge in [0.1, 0.15) is 5.01 Å². The molecule has 0 bridgehead atoms. The lowest BCUT2D eigenvalue weighted by atomic mass is 10.5. The second-order valence-electron chi connectivity index (χ2n) is 2.31. The number of ether oxygens (including phenoxy) is 1. The molecule has 5 heteroatoms. The Kier molecular flexibility index (Phi) is 4.72. The Hall–Kier alpha value is -0.0000000000000000833. The van der Waals surface area contributed by atoms with Gasteiger partial charge in [0.25, 0.3) is 0 Å². The Morgan fingerprint density at radius 1 is 1.42 bits per heavy atom. The van der Waals surface area contributed by atoms with Crippen LogP contribution in [0, 0.1) is 0 Å². The summed E-state index contributed by atoms with van der Waals surface area (Å²) in [5.41, 5.74) is 0. The Bertz CT molecular complexity index is 229. The second-order valence-corrected chi connectivity index (χ2v) is 4.65. The van der Waals surface area contributed by atoms with E-state index >= 15 is 0 Å². The molecule has 0 fully saturated rings. The van der Waals surface area contributed by atoms with Crippen LogP contribution in [0.3, 0.4) is 0 Å². The average molecular weight is 251 g/mol. The summed E-state index contributed by atoms with van der Waals surface area (Å²) in [6.45, 7) is 3.68. The normalized spacial score (nSPS) is 10.5. The molecule has 0 radical (unpaired) electrons. The molecule has 0 amide bonds. The van der Waals surface area contributed by atoms with Gasteiger partial charge in [-0.25, -0.2) is 0 Å². The lowest BCUT2D eigenvalue weighted by Crippen LogP contribution is -1.98. The van der Waals surface area contributed by atoms with Crippen LogP contribution >= 0.6 is 27.3 Å². The van der Waals surface area contributed by atoms with E-state index < -0.39 is 0 Å². The van der Waals surface area contributed by atoms with E-state index in [1.54, 1.807) is 11.3 Å². The van der Waals surface area contributed by atoms with Gasteiger partial charge in [0.2, 0.25) is 0 Å². The highest BCUT2D eigenvalue weighted by molar-refractivity contribution is 9.11. The molecule has 1 aromatic rings. The molecule has 0 unspecified atom stereocenters. The molecule has 0 atom stereocenters. The number of hydrogen-bond donors (Lipinski definition) is 0. The minimum atomic E-state index is 0.746. The first-order chi connectivity index (χ1) is 5.83. The first-order valence-corrected chi connectivity index (χ1v) is 5.49. The summed E-state index contributed by atoms with van der Waals surface area (Å²) >= 11 is 4.82. The molecule has 0 spiro atoms. The largest absolute Gasteiger partial charge is 0.381 e. The minimum absolute atomic E-state index is 0.746. The highest BCUT2D eigenvalue weighted by Gasteiger charge is 2.00. The molecule has 12 heavy (non-hydrogen) atoms. The summed E-state index contributed by atoms with van der Waals surface area (Å²) in [7, 11) is 0. The van der Waals surface area contributed by atoms with Gasteiger partial charge in [-0.05, 0) is 22.4 Å². The number of hydrogen-bond acceptors (Lipinski definition) is 4. The Morgan fingerprint density at radius 2 is 2.25 bits per heavy atom. The first-order valence-electron chi connectivity index (χ1n) is 3.88. The maximum Gasteiger partial charge on any atom is 0.183 e. The topological polar surface area (TPSA) is 35.0 Å². The molecule has 0 aliphatic carbocycles. The van der Waals surface area contributed by atoms with Crippen LogP contribution in [0.15, 0.2) is 3.92 Å². The average Bonchev–Trinajstić information content (AvgIpc) is 2.45. The molecule has 0 N–H and O–H groups in total. The van der Waals surface area contributed by atoms with E-state index in [1.807, 2.05) is 0 Å². The van der Waals surface area contributed by atoms with E-state index in [2.05, 4.69) is 33.1 Å². The third-order valence-corrected chi connectivity index (χ3v) is 2.67. The third-order valence-electron chi connectivity index (χ3n) is 1.25. The van der Waals surface area contributed by atoms with Gasteiger partial charge >= 0.3 is 0 Å². The third kappa shape index (κ3) is 3.60. The number of halogens is 1. The maximum atomic E-state index is 5.32. The molecule has 3 nitrogen and oxygen atoms in total. The number of nitrogens with zero attached hydrogens (tertiary/aromatic N) is 2. The molecule has 0 saturated carbocycles. The predicted molar refractivity (Wildman–Crippen MR) is 52.4 cm³/mol. The van der Waals surface area contributed by atoms with Gasteiger partial charge in [0.15, 0.2) is 3.92 Å². The van der Waals surface area contributed by atoms with Gasteiger partial charge in [-0.3, -0.25) is 0 Å². The van der Waals surface area contributed by atoms with E-state index in [1.165, 1.54) is 0 Å². The molecule has 1 rings (SSSR count). The molecule has 1 aromatic heterocycles. The summed E-state index contributed by atoms with van der Waals surface area (Å²) in [4.78, 5) is 0. The number of rotatable bonds is 5. The van der Waals surface area contributed by atoms with Crippen molar-refractivity contribution < 1.29 is 4.74 Å². The van der Waals surface area contributed by atoms with E-state index in [-0.39, 0.29) is 0 Å². The fourth-order valence-corrected chi connectivity index (χ4v) is 1.92. The van der Waals surface area contributed by atoms with Gasteiger partial charge in [0, 0.05) is 13.0 Å². The second kappa shape index (κ2) is 5.61. The van der Waals surface area contributed by atoms with Gasteiger partial charge in [0.05, 0.1) is 6.61 Å². The summed E-state index contributed by atoms with van der Waals surface area (Å²) in [6.07, 6.45) is 1.93. The van der Waals surface area contributed by atoms with Crippen molar-refractivity contribution in [2.24, 2.45) is 0 Å². The van der Waals surface area contributed by atoms with Gasteiger partial charge in [-0.1, -0.05) is 18.3 Å². The minimum Gasteiger partial charge on any atom is -0.381 e. The van der Waals surface area contributed by atoms with Crippen molar-refractivity contribution in [2.45, 2.75) is 19.8 Å². The van der Waals surface area contributed by atoms with Crippen molar-refractivity contribution >= 4 is 27.3 Å². The molecular formula is C7H11BrN2OS. The lowest BCUT2D eigenvalue weighted by molar-refractivity contribution is 0.138. The monoisotopic (exact) mass is 250 g/mol. The van der Waals surface area contributed by atoms with Gasteiger partial charge in [-0.2, -0.15) is 0 Å². The molecule has 1 heterocycles. The molecule has 0 aliphatic heterocycles.